The van der Waals surface area contributed by atoms with Crippen LogP contribution in [0.2, 0.25) is 0 Å². The molecule has 0 N–H and O–H groups in total. The third-order valence-electron chi connectivity index (χ3n) is 3.71. The van der Waals surface area contributed by atoms with Gasteiger partial charge in [0.2, 0.25) is 5.91 Å². The number of rotatable bonds is 4. The van der Waals surface area contributed by atoms with Crippen molar-refractivity contribution in [1.82, 2.24) is 0 Å². The lowest BCUT2D eigenvalue weighted by Gasteiger charge is -2.39. The molecule has 112 valence electrons. The molecule has 1 aliphatic rings. The zero-order chi connectivity index (χ0) is 15.7. The Balaban J connectivity index is 1.86. The van der Waals surface area contributed by atoms with Gasteiger partial charge in [0.05, 0.1) is 13.5 Å². The van der Waals surface area contributed by atoms with Gasteiger partial charge in [-0.3, -0.25) is 9.59 Å². The molecule has 5 heteroatoms. The van der Waals surface area contributed by atoms with Crippen molar-refractivity contribution in [3.63, 3.8) is 0 Å². The predicted molar refractivity (Wildman–Crippen MR) is 87.4 cm³/mol. The van der Waals surface area contributed by atoms with Gasteiger partial charge in [-0.15, -0.1) is 0 Å². The van der Waals surface area contributed by atoms with E-state index in [1.807, 2.05) is 24.3 Å². The molecule has 1 fully saturated rings. The Bertz CT molecular complexity index is 727. The highest BCUT2D eigenvalue weighted by Crippen LogP contribution is 2.31. The fourth-order valence-corrected chi connectivity index (χ4v) is 2.79. The SMILES string of the molecule is COc1cccc(C(=O)C2CC(=O)N2c2ccc(Br)cc2)c1. The summed E-state index contributed by atoms with van der Waals surface area (Å²) >= 11 is 3.36. The number of carbonyl (C=O) groups is 2. The van der Waals surface area contributed by atoms with E-state index in [9.17, 15) is 9.59 Å². The molecule has 0 spiro atoms. The maximum absolute atomic E-state index is 12.6. The highest BCUT2D eigenvalue weighted by molar-refractivity contribution is 9.10. The number of nitrogens with zero attached hydrogens (tertiary/aromatic N) is 1. The van der Waals surface area contributed by atoms with Gasteiger partial charge in [-0.2, -0.15) is 0 Å². The first kappa shape index (κ1) is 14.8. The fourth-order valence-electron chi connectivity index (χ4n) is 2.52. The first-order chi connectivity index (χ1) is 10.6. The number of benzene rings is 2. The molecule has 1 heterocycles. The molecular formula is C17H14BrNO3. The van der Waals surface area contributed by atoms with E-state index in [1.165, 1.54) is 0 Å². The summed E-state index contributed by atoms with van der Waals surface area (Å²) in [5.74, 6) is 0.525. The van der Waals surface area contributed by atoms with Crippen molar-refractivity contribution < 1.29 is 14.3 Å². The van der Waals surface area contributed by atoms with E-state index in [0.29, 0.717) is 11.3 Å². The Morgan fingerprint density at radius 1 is 1.23 bits per heavy atom. The number of ether oxygens (including phenoxy) is 1. The molecule has 1 aliphatic heterocycles. The summed E-state index contributed by atoms with van der Waals surface area (Å²) in [6, 6.07) is 13.9. The summed E-state index contributed by atoms with van der Waals surface area (Å²) in [4.78, 5) is 26.1. The Labute approximate surface area is 136 Å². The predicted octanol–water partition coefficient (Wildman–Crippen LogP) is 3.45. The van der Waals surface area contributed by atoms with Crippen LogP contribution in [0, 0.1) is 0 Å². The molecule has 1 unspecified atom stereocenters. The molecule has 1 atom stereocenters. The van der Waals surface area contributed by atoms with E-state index in [-0.39, 0.29) is 18.1 Å². The van der Waals surface area contributed by atoms with Crippen molar-refractivity contribution >= 4 is 33.3 Å². The number of hydrogen-bond donors (Lipinski definition) is 0. The summed E-state index contributed by atoms with van der Waals surface area (Å²) < 4.78 is 6.07. The average Bonchev–Trinajstić information content (AvgIpc) is 2.54. The van der Waals surface area contributed by atoms with Crippen molar-refractivity contribution in [1.29, 1.82) is 0 Å². The second kappa shape index (κ2) is 5.93. The molecule has 0 aliphatic carbocycles. The van der Waals surface area contributed by atoms with Gasteiger partial charge in [0.1, 0.15) is 11.8 Å². The van der Waals surface area contributed by atoms with Crippen LogP contribution in [0.1, 0.15) is 16.8 Å². The van der Waals surface area contributed by atoms with E-state index in [1.54, 1.807) is 36.3 Å². The van der Waals surface area contributed by atoms with Crippen LogP contribution >= 0.6 is 15.9 Å². The molecular weight excluding hydrogens is 346 g/mol. The summed E-state index contributed by atoms with van der Waals surface area (Å²) in [7, 11) is 1.56. The number of amides is 1. The van der Waals surface area contributed by atoms with Crippen LogP contribution in [0.15, 0.2) is 53.0 Å². The second-order valence-electron chi connectivity index (χ2n) is 5.06. The van der Waals surface area contributed by atoms with Crippen molar-refractivity contribution in [2.75, 3.05) is 12.0 Å². The van der Waals surface area contributed by atoms with Gasteiger partial charge in [-0.05, 0) is 36.4 Å². The topological polar surface area (TPSA) is 46.6 Å². The van der Waals surface area contributed by atoms with Crippen LogP contribution in [-0.2, 0) is 4.79 Å². The second-order valence-corrected chi connectivity index (χ2v) is 5.97. The normalized spacial score (nSPS) is 17.1. The van der Waals surface area contributed by atoms with E-state index in [2.05, 4.69) is 15.9 Å². The number of anilines is 1. The smallest absolute Gasteiger partial charge is 0.230 e. The van der Waals surface area contributed by atoms with Crippen molar-refractivity contribution in [2.24, 2.45) is 0 Å². The number of ketones is 1. The van der Waals surface area contributed by atoms with Crippen LogP contribution < -0.4 is 9.64 Å². The number of Topliss-reactive ketones (excluding diaryl/α,β-unsaturated/α-hetero) is 1. The maximum Gasteiger partial charge on any atom is 0.230 e. The van der Waals surface area contributed by atoms with E-state index in [0.717, 1.165) is 10.2 Å². The number of hydrogen-bond acceptors (Lipinski definition) is 3. The summed E-state index contributed by atoms with van der Waals surface area (Å²) in [5, 5.41) is 0. The number of methoxy groups -OCH3 is 1. The quantitative estimate of drug-likeness (QED) is 0.620. The molecule has 2 aromatic carbocycles. The summed E-state index contributed by atoms with van der Waals surface area (Å²) in [6.45, 7) is 0. The van der Waals surface area contributed by atoms with Gasteiger partial charge in [0.15, 0.2) is 5.78 Å². The molecule has 0 saturated carbocycles. The monoisotopic (exact) mass is 359 g/mol. The Morgan fingerprint density at radius 2 is 1.95 bits per heavy atom. The van der Waals surface area contributed by atoms with E-state index in [4.69, 9.17) is 4.74 Å². The van der Waals surface area contributed by atoms with Crippen molar-refractivity contribution in [2.45, 2.75) is 12.5 Å². The van der Waals surface area contributed by atoms with Crippen molar-refractivity contribution in [3.05, 3.63) is 58.6 Å². The van der Waals surface area contributed by atoms with Gasteiger partial charge in [-0.25, -0.2) is 0 Å². The molecule has 2 aromatic rings. The van der Waals surface area contributed by atoms with Gasteiger partial charge < -0.3 is 9.64 Å². The van der Waals surface area contributed by atoms with E-state index >= 15 is 0 Å². The Kier molecular flexibility index (Phi) is 3.98. The summed E-state index contributed by atoms with van der Waals surface area (Å²) in [6.07, 6.45) is 0.242. The van der Waals surface area contributed by atoms with Gasteiger partial charge in [0, 0.05) is 15.7 Å². The number of β-lactam (4-membered cyclic amide) rings is 1. The Hall–Kier alpha value is -2.14. The lowest BCUT2D eigenvalue weighted by molar-refractivity contribution is -0.123. The minimum Gasteiger partial charge on any atom is -0.497 e. The lowest BCUT2D eigenvalue weighted by atomic mass is 9.92. The van der Waals surface area contributed by atoms with Gasteiger partial charge in [0.25, 0.3) is 0 Å². The van der Waals surface area contributed by atoms with Crippen LogP contribution in [-0.4, -0.2) is 24.8 Å². The third kappa shape index (κ3) is 2.64. The van der Waals surface area contributed by atoms with Crippen LogP contribution in [0.4, 0.5) is 5.69 Å². The maximum atomic E-state index is 12.6. The van der Waals surface area contributed by atoms with Crippen LogP contribution in [0.3, 0.4) is 0 Å². The first-order valence-electron chi connectivity index (χ1n) is 6.86. The third-order valence-corrected chi connectivity index (χ3v) is 4.24. The highest BCUT2D eigenvalue weighted by atomic mass is 79.9. The van der Waals surface area contributed by atoms with Gasteiger partial charge >= 0.3 is 0 Å². The molecule has 3 rings (SSSR count). The molecule has 0 radical (unpaired) electrons. The molecule has 0 aromatic heterocycles. The largest absolute Gasteiger partial charge is 0.497 e. The zero-order valence-electron chi connectivity index (χ0n) is 12.0. The lowest BCUT2D eigenvalue weighted by Crippen LogP contribution is -2.57. The minimum absolute atomic E-state index is 0.0384. The van der Waals surface area contributed by atoms with Crippen LogP contribution in [0.25, 0.3) is 0 Å². The molecule has 1 amide bonds. The standard InChI is InChI=1S/C17H14BrNO3/c1-22-14-4-2-3-11(9-14)17(21)15-10-16(20)19(15)13-7-5-12(18)6-8-13/h2-9,15H,10H2,1H3. The molecule has 1 saturated heterocycles. The molecule has 22 heavy (non-hydrogen) atoms. The number of carbonyl (C=O) groups excluding carboxylic acids is 2. The Morgan fingerprint density at radius 3 is 2.59 bits per heavy atom. The fraction of sp³-hybridized carbons (Fsp3) is 0.176. The van der Waals surface area contributed by atoms with Crippen LogP contribution in [0.5, 0.6) is 5.75 Å². The van der Waals surface area contributed by atoms with Crippen molar-refractivity contribution in [3.8, 4) is 5.75 Å². The van der Waals surface area contributed by atoms with Gasteiger partial charge in [-0.1, -0.05) is 28.1 Å². The number of halogens is 1. The van der Waals surface area contributed by atoms with E-state index < -0.39 is 6.04 Å². The summed E-state index contributed by atoms with van der Waals surface area (Å²) in [5.41, 5.74) is 1.29. The minimum atomic E-state index is -0.444. The molecule has 0 bridgehead atoms. The first-order valence-corrected chi connectivity index (χ1v) is 7.65. The average molecular weight is 360 g/mol. The highest BCUT2D eigenvalue weighted by Gasteiger charge is 2.42. The molecule has 4 nitrogen and oxygen atoms in total. The zero-order valence-corrected chi connectivity index (χ0v) is 13.5.